The van der Waals surface area contributed by atoms with Gasteiger partial charge in [0.2, 0.25) is 0 Å². The molecule has 2 saturated carbocycles. The summed E-state index contributed by atoms with van der Waals surface area (Å²) in [4.78, 5) is 0. The molecule has 1 heterocycles. The van der Waals surface area contributed by atoms with Crippen LogP contribution in [0.3, 0.4) is 0 Å². The van der Waals surface area contributed by atoms with Crippen LogP contribution in [-0.4, -0.2) is 10.2 Å². The molecule has 0 radical (unpaired) electrons. The van der Waals surface area contributed by atoms with Crippen molar-refractivity contribution in [1.82, 2.24) is 10.2 Å². The molecule has 2 aromatic carbocycles. The van der Waals surface area contributed by atoms with E-state index in [4.69, 9.17) is 5.10 Å². The Bertz CT molecular complexity index is 883. The highest BCUT2D eigenvalue weighted by Crippen LogP contribution is 2.58. The molecule has 0 saturated heterocycles. The van der Waals surface area contributed by atoms with E-state index in [1.54, 1.807) is 0 Å². The Kier molecular flexibility index (Phi) is 3.18. The average molecular weight is 350 g/mol. The molecular weight excluding hydrogens is 330 g/mol. The van der Waals surface area contributed by atoms with Gasteiger partial charge in [-0.3, -0.25) is 5.10 Å². The quantitative estimate of drug-likeness (QED) is 0.692. The fourth-order valence-electron chi connectivity index (χ4n) is 4.46. The van der Waals surface area contributed by atoms with E-state index >= 15 is 0 Å². The summed E-state index contributed by atoms with van der Waals surface area (Å²) in [6.45, 7) is 2.13. The third-order valence-corrected chi connectivity index (χ3v) is 6.24. The maximum atomic E-state index is 13.3. The molecule has 4 heteroatoms. The van der Waals surface area contributed by atoms with Crippen molar-refractivity contribution in [2.24, 2.45) is 0 Å². The second-order valence-corrected chi connectivity index (χ2v) is 7.75. The second-order valence-electron chi connectivity index (χ2n) is 7.75. The van der Waals surface area contributed by atoms with Crippen LogP contribution in [0, 0.1) is 18.6 Å². The first-order valence-electron chi connectivity index (χ1n) is 9.13. The third-order valence-electron chi connectivity index (χ3n) is 6.24. The average Bonchev–Trinajstić information content (AvgIpc) is 3.56. The minimum atomic E-state index is -0.211. The van der Waals surface area contributed by atoms with E-state index in [0.29, 0.717) is 0 Å². The number of nitrogens with one attached hydrogen (secondary N) is 1. The van der Waals surface area contributed by atoms with Crippen LogP contribution in [0.15, 0.2) is 48.5 Å². The van der Waals surface area contributed by atoms with Gasteiger partial charge in [-0.05, 0) is 73.6 Å². The van der Waals surface area contributed by atoms with Gasteiger partial charge in [0, 0.05) is 16.5 Å². The molecule has 5 rings (SSSR count). The van der Waals surface area contributed by atoms with Crippen molar-refractivity contribution in [3.63, 3.8) is 0 Å². The summed E-state index contributed by atoms with van der Waals surface area (Å²) in [6.07, 6.45) is 4.16. The molecule has 1 N–H and O–H groups in total. The van der Waals surface area contributed by atoms with E-state index in [0.717, 1.165) is 48.2 Å². The van der Waals surface area contributed by atoms with E-state index in [-0.39, 0.29) is 22.5 Å². The number of rotatable bonds is 4. The zero-order valence-corrected chi connectivity index (χ0v) is 14.7. The molecule has 0 amide bonds. The van der Waals surface area contributed by atoms with E-state index < -0.39 is 0 Å². The Morgan fingerprint density at radius 2 is 1.23 bits per heavy atom. The number of benzene rings is 2. The largest absolute Gasteiger partial charge is 0.281 e. The minimum absolute atomic E-state index is 0.0676. The zero-order chi connectivity index (χ0) is 17.9. The Labute approximate surface area is 151 Å². The molecular formula is C22H20F2N2. The molecule has 0 bridgehead atoms. The SMILES string of the molecule is Cc1c(C2(c3ccc(F)cc3)CC2)n[nH]c1C1(c2ccc(F)cc2)CC1. The predicted octanol–water partition coefficient (Wildman–Crippen LogP) is 5.16. The standard InChI is InChI=1S/C22H20F2N2/c1-14-19(21(10-11-21)15-2-6-17(23)7-3-15)25-26-20(14)22(12-13-22)16-4-8-18(24)9-5-16/h2-9H,10-13H2,1H3,(H,25,26). The Hall–Kier alpha value is -2.49. The van der Waals surface area contributed by atoms with Crippen molar-refractivity contribution in [2.75, 3.05) is 0 Å². The molecule has 132 valence electrons. The molecule has 0 unspecified atom stereocenters. The van der Waals surface area contributed by atoms with Gasteiger partial charge in [0.25, 0.3) is 0 Å². The smallest absolute Gasteiger partial charge is 0.123 e. The lowest BCUT2D eigenvalue weighted by Crippen LogP contribution is -2.13. The maximum absolute atomic E-state index is 13.3. The topological polar surface area (TPSA) is 28.7 Å². The van der Waals surface area contributed by atoms with Gasteiger partial charge in [-0.2, -0.15) is 5.10 Å². The first-order valence-corrected chi connectivity index (χ1v) is 9.13. The first kappa shape index (κ1) is 15.7. The van der Waals surface area contributed by atoms with Crippen LogP contribution in [-0.2, 0) is 10.8 Å². The molecule has 26 heavy (non-hydrogen) atoms. The van der Waals surface area contributed by atoms with Crippen molar-refractivity contribution < 1.29 is 8.78 Å². The first-order chi connectivity index (χ1) is 12.6. The number of hydrogen-bond donors (Lipinski definition) is 1. The van der Waals surface area contributed by atoms with Gasteiger partial charge < -0.3 is 0 Å². The highest BCUT2D eigenvalue weighted by Gasteiger charge is 2.53. The summed E-state index contributed by atoms with van der Waals surface area (Å²) < 4.78 is 26.6. The van der Waals surface area contributed by atoms with E-state index in [1.165, 1.54) is 29.8 Å². The number of halogens is 2. The third kappa shape index (κ3) is 2.17. The van der Waals surface area contributed by atoms with Crippen LogP contribution in [0.1, 0.15) is 53.8 Å². The monoisotopic (exact) mass is 350 g/mol. The van der Waals surface area contributed by atoms with Crippen LogP contribution in [0.4, 0.5) is 8.78 Å². The van der Waals surface area contributed by atoms with Gasteiger partial charge in [0.15, 0.2) is 0 Å². The molecule has 2 aliphatic carbocycles. The normalized spacial score (nSPS) is 19.3. The molecule has 1 aromatic heterocycles. The van der Waals surface area contributed by atoms with Crippen molar-refractivity contribution in [3.05, 3.63) is 88.2 Å². The van der Waals surface area contributed by atoms with Gasteiger partial charge in [-0.15, -0.1) is 0 Å². The molecule has 3 aromatic rings. The maximum Gasteiger partial charge on any atom is 0.123 e. The number of aromatic amines is 1. The minimum Gasteiger partial charge on any atom is -0.281 e. The van der Waals surface area contributed by atoms with Gasteiger partial charge in [0.05, 0.1) is 5.69 Å². The number of aromatic nitrogens is 2. The Morgan fingerprint density at radius 1 is 0.769 bits per heavy atom. The highest BCUT2D eigenvalue weighted by molar-refractivity contribution is 5.51. The van der Waals surface area contributed by atoms with Crippen molar-refractivity contribution in [3.8, 4) is 0 Å². The fourth-order valence-corrected chi connectivity index (χ4v) is 4.46. The van der Waals surface area contributed by atoms with Crippen LogP contribution in [0.2, 0.25) is 0 Å². The summed E-state index contributed by atoms with van der Waals surface area (Å²) in [5.74, 6) is -0.419. The fraction of sp³-hybridized carbons (Fsp3) is 0.318. The lowest BCUT2D eigenvalue weighted by molar-refractivity contribution is 0.625. The van der Waals surface area contributed by atoms with Crippen molar-refractivity contribution in [2.45, 2.75) is 43.4 Å². The second kappa shape index (κ2) is 5.26. The summed E-state index contributed by atoms with van der Waals surface area (Å²) in [6, 6.07) is 13.6. The van der Waals surface area contributed by atoms with Crippen LogP contribution in [0.5, 0.6) is 0 Å². The van der Waals surface area contributed by atoms with Gasteiger partial charge in [0.1, 0.15) is 11.6 Å². The van der Waals surface area contributed by atoms with Gasteiger partial charge in [-0.1, -0.05) is 24.3 Å². The molecule has 0 atom stereocenters. The molecule has 2 nitrogen and oxygen atoms in total. The van der Waals surface area contributed by atoms with Gasteiger partial charge >= 0.3 is 0 Å². The number of hydrogen-bond acceptors (Lipinski definition) is 1. The van der Waals surface area contributed by atoms with Crippen LogP contribution in [0.25, 0.3) is 0 Å². The van der Waals surface area contributed by atoms with E-state index in [1.807, 2.05) is 24.3 Å². The summed E-state index contributed by atoms with van der Waals surface area (Å²) in [5.41, 5.74) is 5.52. The Morgan fingerprint density at radius 3 is 1.69 bits per heavy atom. The van der Waals surface area contributed by atoms with Crippen molar-refractivity contribution in [1.29, 1.82) is 0 Å². The number of H-pyrrole nitrogens is 1. The van der Waals surface area contributed by atoms with Crippen LogP contribution >= 0.6 is 0 Å². The lowest BCUT2D eigenvalue weighted by atomic mass is 9.85. The molecule has 2 aliphatic rings. The summed E-state index contributed by atoms with van der Waals surface area (Å²) >= 11 is 0. The van der Waals surface area contributed by atoms with E-state index in [2.05, 4.69) is 12.0 Å². The predicted molar refractivity (Wildman–Crippen MR) is 96.2 cm³/mol. The summed E-state index contributed by atoms with van der Waals surface area (Å²) in [7, 11) is 0. The lowest BCUT2D eigenvalue weighted by Gasteiger charge is -2.17. The van der Waals surface area contributed by atoms with Crippen LogP contribution < -0.4 is 0 Å². The molecule has 2 fully saturated rings. The van der Waals surface area contributed by atoms with Gasteiger partial charge in [-0.25, -0.2) is 8.78 Å². The summed E-state index contributed by atoms with van der Waals surface area (Å²) in [5, 5.41) is 8.00. The Balaban J connectivity index is 1.55. The highest BCUT2D eigenvalue weighted by atomic mass is 19.1. The zero-order valence-electron chi connectivity index (χ0n) is 14.7. The van der Waals surface area contributed by atoms with Crippen molar-refractivity contribution >= 4 is 0 Å². The molecule has 0 spiro atoms. The number of nitrogens with zero attached hydrogens (tertiary/aromatic N) is 1. The molecule has 0 aliphatic heterocycles. The van der Waals surface area contributed by atoms with E-state index in [9.17, 15) is 8.78 Å².